The molecule has 2 atom stereocenters. The molecular weight excluding hydrogens is 290 g/mol. The Hall–Kier alpha value is -1.62. The lowest BCUT2D eigenvalue weighted by Crippen LogP contribution is -2.09. The summed E-state index contributed by atoms with van der Waals surface area (Å²) in [5.74, 6) is 1.67. The van der Waals surface area contributed by atoms with E-state index in [2.05, 4.69) is 9.97 Å². The topological polar surface area (TPSA) is 56.5 Å². The van der Waals surface area contributed by atoms with Crippen molar-refractivity contribution >= 4 is 23.1 Å². The van der Waals surface area contributed by atoms with Crippen LogP contribution < -0.4 is 0 Å². The Labute approximate surface area is 128 Å². The standard InChI is InChI=1S/C15H18ClN3O2/c1-2-21-13(20)8-10-3-4-11(7-10)15-18-9-12-14(16)17-5-6-19(12)15/h5-6,9-11H,2-4,7-8H2,1H3/t10-,11-/m0/s1. The minimum atomic E-state index is -0.0941. The highest BCUT2D eigenvalue weighted by Crippen LogP contribution is 2.39. The summed E-state index contributed by atoms with van der Waals surface area (Å²) in [6.07, 6.45) is 8.91. The summed E-state index contributed by atoms with van der Waals surface area (Å²) in [6, 6.07) is 0. The summed E-state index contributed by atoms with van der Waals surface area (Å²) in [5.41, 5.74) is 0.836. The second-order valence-corrected chi connectivity index (χ2v) is 5.83. The number of hydrogen-bond donors (Lipinski definition) is 0. The predicted molar refractivity (Wildman–Crippen MR) is 79.3 cm³/mol. The molecule has 2 aromatic rings. The molecule has 0 aliphatic heterocycles. The predicted octanol–water partition coefficient (Wildman–Crippen LogP) is 3.22. The Morgan fingerprint density at radius 3 is 3.14 bits per heavy atom. The van der Waals surface area contributed by atoms with Crippen molar-refractivity contribution < 1.29 is 9.53 Å². The summed E-state index contributed by atoms with van der Waals surface area (Å²) >= 11 is 6.08. The minimum Gasteiger partial charge on any atom is -0.466 e. The molecule has 2 heterocycles. The largest absolute Gasteiger partial charge is 0.466 e. The summed E-state index contributed by atoms with van der Waals surface area (Å²) in [5, 5.41) is 0.470. The first kappa shape index (κ1) is 14.3. The fourth-order valence-electron chi connectivity index (χ4n) is 3.17. The zero-order valence-corrected chi connectivity index (χ0v) is 12.7. The molecule has 0 amide bonds. The van der Waals surface area contributed by atoms with Crippen LogP contribution in [0.2, 0.25) is 5.15 Å². The highest BCUT2D eigenvalue weighted by Gasteiger charge is 2.30. The molecule has 0 aromatic carbocycles. The number of carbonyl (C=O) groups is 1. The van der Waals surface area contributed by atoms with Gasteiger partial charge in [-0.05, 0) is 32.1 Å². The highest BCUT2D eigenvalue weighted by molar-refractivity contribution is 6.32. The lowest BCUT2D eigenvalue weighted by molar-refractivity contribution is -0.144. The molecule has 1 fully saturated rings. The van der Waals surface area contributed by atoms with Crippen molar-refractivity contribution in [2.24, 2.45) is 5.92 Å². The van der Waals surface area contributed by atoms with Crippen LogP contribution in [-0.2, 0) is 9.53 Å². The lowest BCUT2D eigenvalue weighted by Gasteiger charge is -2.10. The number of fused-ring (bicyclic) bond motifs is 1. The van der Waals surface area contributed by atoms with E-state index >= 15 is 0 Å². The number of carbonyl (C=O) groups excluding carboxylic acids is 1. The van der Waals surface area contributed by atoms with Crippen molar-refractivity contribution in [3.63, 3.8) is 0 Å². The zero-order chi connectivity index (χ0) is 14.8. The Kier molecular flexibility index (Phi) is 4.10. The van der Waals surface area contributed by atoms with Gasteiger partial charge in [0.15, 0.2) is 5.15 Å². The van der Waals surface area contributed by atoms with Gasteiger partial charge >= 0.3 is 5.97 Å². The molecule has 5 nitrogen and oxygen atoms in total. The number of ether oxygens (including phenoxy) is 1. The van der Waals surface area contributed by atoms with Crippen molar-refractivity contribution in [2.45, 2.75) is 38.5 Å². The van der Waals surface area contributed by atoms with E-state index in [0.717, 1.165) is 30.6 Å². The monoisotopic (exact) mass is 307 g/mol. The average Bonchev–Trinajstić information content (AvgIpc) is 3.06. The van der Waals surface area contributed by atoms with Gasteiger partial charge in [-0.1, -0.05) is 11.6 Å². The van der Waals surface area contributed by atoms with Crippen molar-refractivity contribution in [1.29, 1.82) is 0 Å². The molecule has 112 valence electrons. The van der Waals surface area contributed by atoms with Gasteiger partial charge in [-0.3, -0.25) is 9.20 Å². The normalized spacial score (nSPS) is 21.8. The third-order valence-electron chi connectivity index (χ3n) is 4.11. The zero-order valence-electron chi connectivity index (χ0n) is 12.0. The molecule has 0 N–H and O–H groups in total. The second kappa shape index (κ2) is 6.02. The van der Waals surface area contributed by atoms with Crippen molar-refractivity contribution in [1.82, 2.24) is 14.4 Å². The molecule has 1 aliphatic carbocycles. The maximum absolute atomic E-state index is 11.6. The second-order valence-electron chi connectivity index (χ2n) is 5.47. The molecular formula is C15H18ClN3O2. The van der Waals surface area contributed by atoms with Gasteiger partial charge in [-0.15, -0.1) is 0 Å². The van der Waals surface area contributed by atoms with Gasteiger partial charge in [0.25, 0.3) is 0 Å². The summed E-state index contributed by atoms with van der Waals surface area (Å²) in [6.45, 7) is 2.29. The molecule has 0 bridgehead atoms. The number of halogens is 1. The fourth-order valence-corrected chi connectivity index (χ4v) is 3.36. The molecule has 1 saturated carbocycles. The molecule has 0 unspecified atom stereocenters. The molecule has 0 spiro atoms. The van der Waals surface area contributed by atoms with E-state index in [0.29, 0.717) is 30.0 Å². The van der Waals surface area contributed by atoms with Crippen LogP contribution in [0.15, 0.2) is 18.6 Å². The third kappa shape index (κ3) is 2.88. The van der Waals surface area contributed by atoms with Crippen LogP contribution in [-0.4, -0.2) is 26.9 Å². The third-order valence-corrected chi connectivity index (χ3v) is 4.40. The van der Waals surface area contributed by atoms with Gasteiger partial charge in [0.2, 0.25) is 0 Å². The van der Waals surface area contributed by atoms with Crippen molar-refractivity contribution in [2.75, 3.05) is 6.61 Å². The maximum atomic E-state index is 11.6. The van der Waals surface area contributed by atoms with Gasteiger partial charge in [-0.25, -0.2) is 9.97 Å². The van der Waals surface area contributed by atoms with Gasteiger partial charge in [0.05, 0.1) is 12.8 Å². The van der Waals surface area contributed by atoms with Crippen LogP contribution in [0.4, 0.5) is 0 Å². The highest BCUT2D eigenvalue weighted by atomic mass is 35.5. The Morgan fingerprint density at radius 1 is 1.48 bits per heavy atom. The smallest absolute Gasteiger partial charge is 0.306 e. The van der Waals surface area contributed by atoms with E-state index in [1.807, 2.05) is 17.5 Å². The van der Waals surface area contributed by atoms with E-state index in [-0.39, 0.29) is 5.97 Å². The van der Waals surface area contributed by atoms with Crippen LogP contribution in [0.5, 0.6) is 0 Å². The van der Waals surface area contributed by atoms with Crippen LogP contribution >= 0.6 is 11.6 Å². The van der Waals surface area contributed by atoms with Crippen molar-refractivity contribution in [3.05, 3.63) is 29.6 Å². The van der Waals surface area contributed by atoms with Crippen LogP contribution in [0.3, 0.4) is 0 Å². The molecule has 0 radical (unpaired) electrons. The molecule has 1 aliphatic rings. The Bertz CT molecular complexity index is 655. The quantitative estimate of drug-likeness (QED) is 0.814. The van der Waals surface area contributed by atoms with E-state index in [4.69, 9.17) is 16.3 Å². The Morgan fingerprint density at radius 2 is 2.33 bits per heavy atom. The molecule has 2 aromatic heterocycles. The van der Waals surface area contributed by atoms with E-state index in [1.165, 1.54) is 0 Å². The van der Waals surface area contributed by atoms with Crippen molar-refractivity contribution in [3.8, 4) is 0 Å². The molecule has 0 saturated heterocycles. The SMILES string of the molecule is CCOC(=O)C[C@H]1CC[C@H](c2ncc3c(Cl)nccn23)C1. The van der Waals surface area contributed by atoms with Crippen LogP contribution in [0.25, 0.3) is 5.52 Å². The van der Waals surface area contributed by atoms with Crippen LogP contribution in [0.1, 0.15) is 44.3 Å². The number of aromatic nitrogens is 3. The van der Waals surface area contributed by atoms with Crippen LogP contribution in [0, 0.1) is 5.92 Å². The number of esters is 1. The van der Waals surface area contributed by atoms with Gasteiger partial charge in [0.1, 0.15) is 11.3 Å². The molecule has 6 heteroatoms. The summed E-state index contributed by atoms with van der Waals surface area (Å²) in [4.78, 5) is 20.2. The summed E-state index contributed by atoms with van der Waals surface area (Å²) < 4.78 is 7.04. The van der Waals surface area contributed by atoms with Gasteiger partial charge < -0.3 is 4.74 Å². The van der Waals surface area contributed by atoms with Gasteiger partial charge in [-0.2, -0.15) is 0 Å². The first-order valence-corrected chi connectivity index (χ1v) is 7.70. The number of nitrogens with zero attached hydrogens (tertiary/aromatic N) is 3. The molecule has 21 heavy (non-hydrogen) atoms. The minimum absolute atomic E-state index is 0.0941. The average molecular weight is 308 g/mol. The summed E-state index contributed by atoms with van der Waals surface area (Å²) in [7, 11) is 0. The van der Waals surface area contributed by atoms with E-state index < -0.39 is 0 Å². The number of hydrogen-bond acceptors (Lipinski definition) is 4. The fraction of sp³-hybridized carbons (Fsp3) is 0.533. The van der Waals surface area contributed by atoms with E-state index in [9.17, 15) is 4.79 Å². The Balaban J connectivity index is 1.73. The first-order valence-electron chi connectivity index (χ1n) is 7.32. The lowest BCUT2D eigenvalue weighted by atomic mass is 10.0. The van der Waals surface area contributed by atoms with Gasteiger partial charge in [0, 0.05) is 24.7 Å². The molecule has 3 rings (SSSR count). The number of imidazole rings is 1. The first-order chi connectivity index (χ1) is 10.2. The van der Waals surface area contributed by atoms with E-state index in [1.54, 1.807) is 12.4 Å². The maximum Gasteiger partial charge on any atom is 0.306 e. The number of rotatable bonds is 4.